The Labute approximate surface area is 107 Å². The van der Waals surface area contributed by atoms with E-state index in [1.807, 2.05) is 13.8 Å². The number of nitrogens with one attached hydrogen (secondary N) is 3. The topological polar surface area (TPSA) is 69.8 Å². The molecule has 2 rings (SSSR count). The van der Waals surface area contributed by atoms with Crippen molar-refractivity contribution in [1.29, 1.82) is 0 Å². The second kappa shape index (κ2) is 6.00. The van der Waals surface area contributed by atoms with Crippen LogP contribution in [0.25, 0.3) is 0 Å². The molecule has 1 aliphatic rings. The molecule has 1 aliphatic heterocycles. The largest absolute Gasteiger partial charge is 0.370 e. The van der Waals surface area contributed by atoms with Gasteiger partial charge in [-0.25, -0.2) is 4.98 Å². The molecule has 100 valence electrons. The minimum absolute atomic E-state index is 0.0819. The smallest absolute Gasteiger partial charge is 0.252 e. The Bertz CT molecular complexity index is 435. The van der Waals surface area contributed by atoms with Gasteiger partial charge in [-0.15, -0.1) is 0 Å². The molecule has 0 saturated carbocycles. The molecular formula is C13H22N4O. The van der Waals surface area contributed by atoms with Gasteiger partial charge in [0.2, 0.25) is 0 Å². The Morgan fingerprint density at radius 1 is 1.44 bits per heavy atom. The zero-order valence-corrected chi connectivity index (χ0v) is 11.1. The van der Waals surface area contributed by atoms with Crippen LogP contribution in [0.2, 0.25) is 0 Å². The third kappa shape index (κ3) is 3.57. The van der Waals surface area contributed by atoms with Crippen LogP contribution in [-0.4, -0.2) is 29.6 Å². The zero-order chi connectivity index (χ0) is 13.0. The highest BCUT2D eigenvalue weighted by atomic mass is 16.1. The molecule has 1 fully saturated rings. The summed E-state index contributed by atoms with van der Waals surface area (Å²) in [7, 11) is 0. The van der Waals surface area contributed by atoms with E-state index in [2.05, 4.69) is 20.6 Å². The monoisotopic (exact) mass is 250 g/mol. The van der Waals surface area contributed by atoms with Crippen molar-refractivity contribution >= 4 is 5.82 Å². The number of aromatic amines is 1. The molecule has 0 bridgehead atoms. The summed E-state index contributed by atoms with van der Waals surface area (Å²) < 4.78 is 0. The minimum Gasteiger partial charge on any atom is -0.370 e. The van der Waals surface area contributed by atoms with Gasteiger partial charge in [-0.2, -0.15) is 0 Å². The lowest BCUT2D eigenvalue weighted by molar-refractivity contribution is 0.389. The molecule has 5 heteroatoms. The quantitative estimate of drug-likeness (QED) is 0.753. The maximum atomic E-state index is 11.5. The molecule has 0 radical (unpaired) electrons. The SMILES string of the molecule is CC(C)c1nc(NCC2CCNCC2)cc(=O)[nH]1. The van der Waals surface area contributed by atoms with Crippen LogP contribution in [0.5, 0.6) is 0 Å². The van der Waals surface area contributed by atoms with Crippen molar-refractivity contribution in [3.63, 3.8) is 0 Å². The molecule has 5 nitrogen and oxygen atoms in total. The molecule has 0 amide bonds. The highest BCUT2D eigenvalue weighted by molar-refractivity contribution is 5.33. The molecular weight excluding hydrogens is 228 g/mol. The Hall–Kier alpha value is -1.36. The number of nitrogens with zero attached hydrogens (tertiary/aromatic N) is 1. The summed E-state index contributed by atoms with van der Waals surface area (Å²) in [5, 5.41) is 6.64. The number of piperidine rings is 1. The van der Waals surface area contributed by atoms with E-state index in [9.17, 15) is 4.79 Å². The number of rotatable bonds is 4. The number of hydrogen-bond donors (Lipinski definition) is 3. The number of H-pyrrole nitrogens is 1. The lowest BCUT2D eigenvalue weighted by Crippen LogP contribution is -2.31. The summed E-state index contributed by atoms with van der Waals surface area (Å²) in [6.07, 6.45) is 2.38. The predicted octanol–water partition coefficient (Wildman–Crippen LogP) is 1.30. The first kappa shape index (κ1) is 13.1. The van der Waals surface area contributed by atoms with E-state index < -0.39 is 0 Å². The van der Waals surface area contributed by atoms with Crippen LogP contribution >= 0.6 is 0 Å². The minimum atomic E-state index is -0.0819. The van der Waals surface area contributed by atoms with Crippen LogP contribution in [0.4, 0.5) is 5.82 Å². The molecule has 1 aromatic heterocycles. The summed E-state index contributed by atoms with van der Waals surface area (Å²) >= 11 is 0. The normalized spacial score (nSPS) is 17.1. The van der Waals surface area contributed by atoms with E-state index in [1.165, 1.54) is 18.9 Å². The summed E-state index contributed by atoms with van der Waals surface area (Å²) in [6, 6.07) is 1.53. The fourth-order valence-electron chi connectivity index (χ4n) is 2.18. The lowest BCUT2D eigenvalue weighted by Gasteiger charge is -2.23. The summed E-state index contributed by atoms with van der Waals surface area (Å²) in [6.45, 7) is 7.12. The Morgan fingerprint density at radius 2 is 2.17 bits per heavy atom. The second-order valence-corrected chi connectivity index (χ2v) is 5.24. The van der Waals surface area contributed by atoms with Gasteiger partial charge in [0.25, 0.3) is 5.56 Å². The molecule has 3 N–H and O–H groups in total. The van der Waals surface area contributed by atoms with E-state index in [1.54, 1.807) is 0 Å². The number of hydrogen-bond acceptors (Lipinski definition) is 4. The standard InChI is InChI=1S/C13H22N4O/c1-9(2)13-16-11(7-12(18)17-13)15-8-10-3-5-14-6-4-10/h7,9-10,14H,3-6,8H2,1-2H3,(H2,15,16,17,18). The molecule has 0 spiro atoms. The Kier molecular flexibility index (Phi) is 4.36. The van der Waals surface area contributed by atoms with Crippen molar-refractivity contribution in [3.05, 3.63) is 22.2 Å². The van der Waals surface area contributed by atoms with Crippen molar-refractivity contribution in [2.24, 2.45) is 5.92 Å². The first-order chi connectivity index (χ1) is 8.65. The van der Waals surface area contributed by atoms with Gasteiger partial charge in [0.15, 0.2) is 0 Å². The fraction of sp³-hybridized carbons (Fsp3) is 0.692. The molecule has 2 heterocycles. The van der Waals surface area contributed by atoms with Gasteiger partial charge >= 0.3 is 0 Å². The average Bonchev–Trinajstić information content (AvgIpc) is 2.37. The van der Waals surface area contributed by atoms with Gasteiger partial charge in [-0.3, -0.25) is 4.79 Å². The van der Waals surface area contributed by atoms with Crippen LogP contribution < -0.4 is 16.2 Å². The van der Waals surface area contributed by atoms with Gasteiger partial charge < -0.3 is 15.6 Å². The first-order valence-electron chi connectivity index (χ1n) is 6.71. The van der Waals surface area contributed by atoms with Gasteiger partial charge in [0.05, 0.1) is 0 Å². The summed E-state index contributed by atoms with van der Waals surface area (Å²) in [4.78, 5) is 18.7. The maximum Gasteiger partial charge on any atom is 0.252 e. The third-order valence-corrected chi connectivity index (χ3v) is 3.34. The van der Waals surface area contributed by atoms with E-state index in [0.717, 1.165) is 25.5 Å². The molecule has 18 heavy (non-hydrogen) atoms. The van der Waals surface area contributed by atoms with E-state index in [0.29, 0.717) is 11.7 Å². The van der Waals surface area contributed by atoms with Crippen LogP contribution in [0.15, 0.2) is 10.9 Å². The van der Waals surface area contributed by atoms with Gasteiger partial charge in [-0.1, -0.05) is 13.8 Å². The van der Waals surface area contributed by atoms with Crippen LogP contribution in [0.3, 0.4) is 0 Å². The Morgan fingerprint density at radius 3 is 2.83 bits per heavy atom. The molecule has 0 aliphatic carbocycles. The first-order valence-corrected chi connectivity index (χ1v) is 6.71. The third-order valence-electron chi connectivity index (χ3n) is 3.34. The zero-order valence-electron chi connectivity index (χ0n) is 11.1. The van der Waals surface area contributed by atoms with Crippen molar-refractivity contribution in [2.75, 3.05) is 25.0 Å². The fourth-order valence-corrected chi connectivity index (χ4v) is 2.18. The van der Waals surface area contributed by atoms with E-state index in [-0.39, 0.29) is 11.5 Å². The molecule has 0 aromatic carbocycles. The van der Waals surface area contributed by atoms with E-state index >= 15 is 0 Å². The van der Waals surface area contributed by atoms with Crippen molar-refractivity contribution < 1.29 is 0 Å². The average molecular weight is 250 g/mol. The van der Waals surface area contributed by atoms with Crippen LogP contribution in [0, 0.1) is 5.92 Å². The van der Waals surface area contributed by atoms with Gasteiger partial charge in [-0.05, 0) is 31.8 Å². The summed E-state index contributed by atoms with van der Waals surface area (Å²) in [5.41, 5.74) is -0.0819. The molecule has 1 aromatic rings. The van der Waals surface area contributed by atoms with Crippen molar-refractivity contribution in [1.82, 2.24) is 15.3 Å². The van der Waals surface area contributed by atoms with Crippen molar-refractivity contribution in [2.45, 2.75) is 32.6 Å². The van der Waals surface area contributed by atoms with Crippen LogP contribution in [-0.2, 0) is 0 Å². The van der Waals surface area contributed by atoms with Crippen molar-refractivity contribution in [3.8, 4) is 0 Å². The molecule has 0 unspecified atom stereocenters. The Balaban J connectivity index is 1.97. The highest BCUT2D eigenvalue weighted by Gasteiger charge is 2.13. The van der Waals surface area contributed by atoms with Crippen LogP contribution in [0.1, 0.15) is 38.4 Å². The lowest BCUT2D eigenvalue weighted by atomic mass is 9.98. The van der Waals surface area contributed by atoms with E-state index in [4.69, 9.17) is 0 Å². The molecule has 1 saturated heterocycles. The predicted molar refractivity (Wildman–Crippen MR) is 73.0 cm³/mol. The second-order valence-electron chi connectivity index (χ2n) is 5.24. The number of anilines is 1. The van der Waals surface area contributed by atoms with Gasteiger partial charge in [0, 0.05) is 18.5 Å². The summed E-state index contributed by atoms with van der Waals surface area (Å²) in [5.74, 6) is 2.35. The highest BCUT2D eigenvalue weighted by Crippen LogP contribution is 2.13. The number of aromatic nitrogens is 2. The molecule has 0 atom stereocenters. The van der Waals surface area contributed by atoms with Gasteiger partial charge in [0.1, 0.15) is 11.6 Å². The maximum absolute atomic E-state index is 11.5.